The molecule has 0 aromatic heterocycles. The van der Waals surface area contributed by atoms with Crippen molar-refractivity contribution in [2.45, 2.75) is 18.7 Å². The van der Waals surface area contributed by atoms with Crippen LogP contribution in [0, 0.1) is 11.8 Å². The van der Waals surface area contributed by atoms with E-state index < -0.39 is 10.0 Å². The first kappa shape index (κ1) is 21.8. The summed E-state index contributed by atoms with van der Waals surface area (Å²) in [5.41, 5.74) is 0.485. The second-order valence-electron chi connectivity index (χ2n) is 7.02. The molecule has 1 aromatic carbocycles. The summed E-state index contributed by atoms with van der Waals surface area (Å²) in [6, 6.07) is 6.00. The number of piperazine rings is 1. The van der Waals surface area contributed by atoms with Gasteiger partial charge < -0.3 is 10.2 Å². The first-order chi connectivity index (χ1) is 12.3. The number of nitrogens with zero attached hydrogens (tertiary/aromatic N) is 2. The zero-order valence-corrected chi connectivity index (χ0v) is 17.2. The van der Waals surface area contributed by atoms with Crippen molar-refractivity contribution in [1.82, 2.24) is 14.5 Å². The van der Waals surface area contributed by atoms with Crippen LogP contribution in [0.5, 0.6) is 0 Å². The lowest BCUT2D eigenvalue weighted by atomic mass is 9.88. The van der Waals surface area contributed by atoms with Gasteiger partial charge in [-0.25, -0.2) is 8.42 Å². The van der Waals surface area contributed by atoms with E-state index in [0.717, 1.165) is 13.1 Å². The summed E-state index contributed by atoms with van der Waals surface area (Å²) in [5.74, 6) is 0.360. The van der Waals surface area contributed by atoms with Crippen LogP contribution in [0.25, 0.3) is 0 Å². The van der Waals surface area contributed by atoms with Gasteiger partial charge in [-0.3, -0.25) is 9.59 Å². The average molecular weight is 416 g/mol. The Morgan fingerprint density at radius 2 is 1.63 bits per heavy atom. The molecule has 7 nitrogen and oxygen atoms in total. The molecule has 0 radical (unpaired) electrons. The molecule has 150 valence electrons. The third-order valence-corrected chi connectivity index (χ3v) is 7.27. The minimum absolute atomic E-state index is 0. The van der Waals surface area contributed by atoms with Crippen LogP contribution < -0.4 is 5.32 Å². The quantitative estimate of drug-likeness (QED) is 0.725. The molecule has 1 amide bonds. The number of benzene rings is 1. The zero-order valence-electron chi connectivity index (χ0n) is 15.6. The molecule has 1 unspecified atom stereocenters. The van der Waals surface area contributed by atoms with Crippen molar-refractivity contribution in [3.8, 4) is 0 Å². The zero-order chi connectivity index (χ0) is 18.9. The summed E-state index contributed by atoms with van der Waals surface area (Å²) in [4.78, 5) is 25.8. The molecule has 27 heavy (non-hydrogen) atoms. The molecule has 2 aliphatic heterocycles. The van der Waals surface area contributed by atoms with Crippen molar-refractivity contribution in [1.29, 1.82) is 0 Å². The molecule has 3 rings (SSSR count). The van der Waals surface area contributed by atoms with Crippen molar-refractivity contribution in [2.75, 3.05) is 39.3 Å². The molecule has 1 N–H and O–H groups in total. The lowest BCUT2D eigenvalue weighted by Gasteiger charge is -2.38. The average Bonchev–Trinajstić information content (AvgIpc) is 2.59. The van der Waals surface area contributed by atoms with E-state index in [9.17, 15) is 18.0 Å². The Balaban J connectivity index is 0.00000261. The molecule has 0 aliphatic carbocycles. The monoisotopic (exact) mass is 415 g/mol. The molecular formula is C18H26ClN3O4S. The Hall–Kier alpha value is -1.48. The van der Waals surface area contributed by atoms with Gasteiger partial charge in [-0.15, -0.1) is 12.4 Å². The third-order valence-electron chi connectivity index (χ3n) is 5.36. The van der Waals surface area contributed by atoms with Crippen LogP contribution in [-0.4, -0.2) is 68.6 Å². The minimum Gasteiger partial charge on any atom is -0.340 e. The number of nitrogens with one attached hydrogen (secondary N) is 1. The predicted octanol–water partition coefficient (Wildman–Crippen LogP) is 0.999. The lowest BCUT2D eigenvalue weighted by Crippen LogP contribution is -2.55. The fourth-order valence-corrected chi connectivity index (χ4v) is 4.74. The van der Waals surface area contributed by atoms with Crippen LogP contribution >= 0.6 is 12.4 Å². The summed E-state index contributed by atoms with van der Waals surface area (Å²) >= 11 is 0. The van der Waals surface area contributed by atoms with E-state index in [1.54, 1.807) is 4.90 Å². The maximum atomic E-state index is 12.8. The smallest absolute Gasteiger partial charge is 0.243 e. The van der Waals surface area contributed by atoms with Crippen LogP contribution in [0.15, 0.2) is 29.2 Å². The molecule has 2 fully saturated rings. The number of hydrogen-bond acceptors (Lipinski definition) is 5. The van der Waals surface area contributed by atoms with Gasteiger partial charge in [0.1, 0.15) is 0 Å². The van der Waals surface area contributed by atoms with E-state index in [4.69, 9.17) is 0 Å². The van der Waals surface area contributed by atoms with Gasteiger partial charge in [0.25, 0.3) is 0 Å². The number of carbonyl (C=O) groups excluding carboxylic acids is 2. The Labute approximate surface area is 166 Å². The highest BCUT2D eigenvalue weighted by molar-refractivity contribution is 7.89. The largest absolute Gasteiger partial charge is 0.340 e. The van der Waals surface area contributed by atoms with Gasteiger partial charge >= 0.3 is 0 Å². The van der Waals surface area contributed by atoms with Crippen LogP contribution in [-0.2, 0) is 14.8 Å². The summed E-state index contributed by atoms with van der Waals surface area (Å²) in [6.45, 7) is 6.54. The van der Waals surface area contributed by atoms with Gasteiger partial charge in [0, 0.05) is 37.7 Å². The molecular weight excluding hydrogens is 390 g/mol. The van der Waals surface area contributed by atoms with Crippen molar-refractivity contribution in [2.24, 2.45) is 11.8 Å². The van der Waals surface area contributed by atoms with Crippen LogP contribution in [0.4, 0.5) is 0 Å². The van der Waals surface area contributed by atoms with E-state index in [1.807, 2.05) is 6.92 Å². The molecule has 2 heterocycles. The van der Waals surface area contributed by atoms with Gasteiger partial charge in [-0.05, 0) is 38.1 Å². The highest BCUT2D eigenvalue weighted by Gasteiger charge is 2.35. The Bertz CT molecular complexity index is 785. The minimum atomic E-state index is -3.61. The fraction of sp³-hybridized carbons (Fsp3) is 0.556. The summed E-state index contributed by atoms with van der Waals surface area (Å²) in [6.07, 6.45) is 0. The molecule has 1 aromatic rings. The number of hydrogen-bond donors (Lipinski definition) is 1. The Morgan fingerprint density at radius 1 is 1.07 bits per heavy atom. The summed E-state index contributed by atoms with van der Waals surface area (Å²) in [5, 5.41) is 3.18. The maximum absolute atomic E-state index is 12.8. The first-order valence-corrected chi connectivity index (χ1v) is 10.4. The highest BCUT2D eigenvalue weighted by atomic mass is 35.5. The van der Waals surface area contributed by atoms with Crippen molar-refractivity contribution < 1.29 is 18.0 Å². The lowest BCUT2D eigenvalue weighted by molar-refractivity contribution is -0.138. The summed E-state index contributed by atoms with van der Waals surface area (Å²) in [7, 11) is -3.61. The standard InChI is InChI=1S/C18H25N3O4S.ClH/c1-13(16-11-19-12-16)18(23)20-7-9-21(10-8-20)26(24,25)17-5-3-15(4-6-17)14(2)22;/h3-6,13,16,19H,7-12H2,1-2H3;1H. The molecule has 1 atom stereocenters. The molecule has 2 saturated heterocycles. The van der Waals surface area contributed by atoms with Crippen LogP contribution in [0.2, 0.25) is 0 Å². The van der Waals surface area contributed by atoms with E-state index in [2.05, 4.69) is 5.32 Å². The first-order valence-electron chi connectivity index (χ1n) is 8.91. The number of halogens is 1. The molecule has 0 bridgehead atoms. The van der Waals surface area contributed by atoms with E-state index in [0.29, 0.717) is 24.6 Å². The van der Waals surface area contributed by atoms with Gasteiger partial charge in [-0.1, -0.05) is 19.1 Å². The van der Waals surface area contributed by atoms with Crippen molar-refractivity contribution in [3.63, 3.8) is 0 Å². The number of rotatable bonds is 5. The van der Waals surface area contributed by atoms with E-state index in [-0.39, 0.29) is 48.0 Å². The third kappa shape index (κ3) is 4.51. The Kier molecular flexibility index (Phi) is 7.02. The van der Waals surface area contributed by atoms with Crippen molar-refractivity contribution in [3.05, 3.63) is 29.8 Å². The van der Waals surface area contributed by atoms with Gasteiger partial charge in [0.2, 0.25) is 15.9 Å². The summed E-state index contributed by atoms with van der Waals surface area (Å²) < 4.78 is 27.0. The van der Waals surface area contributed by atoms with Crippen LogP contribution in [0.1, 0.15) is 24.2 Å². The highest BCUT2D eigenvalue weighted by Crippen LogP contribution is 2.22. The SMILES string of the molecule is CC(=O)c1ccc(S(=O)(=O)N2CCN(C(=O)C(C)C3CNC3)CC2)cc1.Cl. The van der Waals surface area contributed by atoms with Gasteiger partial charge in [-0.2, -0.15) is 4.31 Å². The number of amides is 1. The van der Waals surface area contributed by atoms with Crippen molar-refractivity contribution >= 4 is 34.1 Å². The second kappa shape index (κ2) is 8.68. The molecule has 9 heteroatoms. The Morgan fingerprint density at radius 3 is 2.07 bits per heavy atom. The number of sulfonamides is 1. The fourth-order valence-electron chi connectivity index (χ4n) is 3.31. The van der Waals surface area contributed by atoms with E-state index >= 15 is 0 Å². The topological polar surface area (TPSA) is 86.8 Å². The van der Waals surface area contributed by atoms with Gasteiger partial charge in [0.05, 0.1) is 4.90 Å². The molecule has 2 aliphatic rings. The maximum Gasteiger partial charge on any atom is 0.243 e. The second-order valence-corrected chi connectivity index (χ2v) is 8.95. The number of carbonyl (C=O) groups is 2. The van der Waals surface area contributed by atoms with Crippen LogP contribution in [0.3, 0.4) is 0 Å². The van der Waals surface area contributed by atoms with E-state index in [1.165, 1.54) is 35.5 Å². The predicted molar refractivity (Wildman–Crippen MR) is 105 cm³/mol. The van der Waals surface area contributed by atoms with Gasteiger partial charge in [0.15, 0.2) is 5.78 Å². The molecule has 0 saturated carbocycles. The normalized spacial score (nSPS) is 19.7. The number of Topliss-reactive ketones (excluding diaryl/α,β-unsaturated/α-hetero) is 1. The molecule has 0 spiro atoms. The number of ketones is 1.